The third-order valence-corrected chi connectivity index (χ3v) is 3.52. The normalized spacial score (nSPS) is 11.7. The highest BCUT2D eigenvalue weighted by Gasteiger charge is 2.16. The van der Waals surface area contributed by atoms with Gasteiger partial charge in [-0.1, -0.05) is 52.2 Å². The number of benzene rings is 2. The van der Waals surface area contributed by atoms with Crippen LogP contribution in [-0.2, 0) is 4.79 Å². The summed E-state index contributed by atoms with van der Waals surface area (Å²) in [6.45, 7) is 0.127. The molecule has 0 aliphatic carbocycles. The zero-order valence-corrected chi connectivity index (χ0v) is 14.2. The standard InChI is InChI=1S/C18H15BrN2O3/c1-2-10-24-16-9-8-15(19)11-14(16)12-20-21-18(23)17(22)13-6-4-3-5-7-13/h1,3-9,11-12,17,22H,10H2,(H,21,23)/b20-12-/t17-/m0/s1. The predicted octanol–water partition coefficient (Wildman–Crippen LogP) is 2.64. The average Bonchev–Trinajstić information content (AvgIpc) is 2.61. The highest BCUT2D eigenvalue weighted by Crippen LogP contribution is 2.21. The summed E-state index contributed by atoms with van der Waals surface area (Å²) >= 11 is 3.35. The lowest BCUT2D eigenvalue weighted by Gasteiger charge is -2.09. The molecule has 6 heteroatoms. The van der Waals surface area contributed by atoms with E-state index in [4.69, 9.17) is 11.2 Å². The first kappa shape index (κ1) is 17.7. The number of halogens is 1. The van der Waals surface area contributed by atoms with Gasteiger partial charge in [-0.2, -0.15) is 5.10 Å². The molecule has 122 valence electrons. The second-order valence-corrected chi connectivity index (χ2v) is 5.64. The predicted molar refractivity (Wildman–Crippen MR) is 95.6 cm³/mol. The van der Waals surface area contributed by atoms with Crippen LogP contribution in [0.4, 0.5) is 0 Å². The van der Waals surface area contributed by atoms with Crippen LogP contribution < -0.4 is 10.2 Å². The Morgan fingerprint density at radius 3 is 2.83 bits per heavy atom. The molecule has 0 heterocycles. The van der Waals surface area contributed by atoms with E-state index in [1.165, 1.54) is 6.21 Å². The second kappa shape index (κ2) is 8.87. The number of carbonyl (C=O) groups is 1. The Labute approximate surface area is 148 Å². The lowest BCUT2D eigenvalue weighted by Crippen LogP contribution is -2.25. The quantitative estimate of drug-likeness (QED) is 0.455. The highest BCUT2D eigenvalue weighted by atomic mass is 79.9. The van der Waals surface area contributed by atoms with Gasteiger partial charge >= 0.3 is 0 Å². The largest absolute Gasteiger partial charge is 0.480 e. The summed E-state index contributed by atoms with van der Waals surface area (Å²) in [4.78, 5) is 11.9. The number of ether oxygens (including phenoxy) is 1. The number of amides is 1. The fraction of sp³-hybridized carbons (Fsp3) is 0.111. The van der Waals surface area contributed by atoms with Gasteiger partial charge < -0.3 is 9.84 Å². The number of rotatable bonds is 6. The minimum atomic E-state index is -1.29. The molecule has 24 heavy (non-hydrogen) atoms. The van der Waals surface area contributed by atoms with Crippen LogP contribution in [-0.4, -0.2) is 23.8 Å². The lowest BCUT2D eigenvalue weighted by molar-refractivity contribution is -0.129. The Kier molecular flexibility index (Phi) is 6.55. The van der Waals surface area contributed by atoms with Gasteiger partial charge in [-0.3, -0.25) is 4.79 Å². The van der Waals surface area contributed by atoms with Crippen LogP contribution in [0.15, 0.2) is 58.1 Å². The van der Waals surface area contributed by atoms with Crippen molar-refractivity contribution >= 4 is 28.1 Å². The van der Waals surface area contributed by atoms with E-state index in [1.807, 2.05) is 0 Å². The summed E-state index contributed by atoms with van der Waals surface area (Å²) in [7, 11) is 0. The molecule has 2 aromatic rings. The molecule has 1 atom stereocenters. The van der Waals surface area contributed by atoms with Crippen LogP contribution in [0.2, 0.25) is 0 Å². The third kappa shape index (κ3) is 4.95. The number of nitrogens with zero attached hydrogens (tertiary/aromatic N) is 1. The molecule has 2 rings (SSSR count). The van der Waals surface area contributed by atoms with Gasteiger partial charge in [-0.15, -0.1) is 6.42 Å². The van der Waals surface area contributed by atoms with E-state index in [0.717, 1.165) is 4.47 Å². The number of hydrazone groups is 1. The molecule has 0 spiro atoms. The zero-order chi connectivity index (χ0) is 17.4. The fourth-order valence-electron chi connectivity index (χ4n) is 1.88. The van der Waals surface area contributed by atoms with E-state index in [2.05, 4.69) is 32.4 Å². The van der Waals surface area contributed by atoms with Crippen molar-refractivity contribution in [2.75, 3.05) is 6.61 Å². The number of aliphatic hydroxyl groups excluding tert-OH is 1. The van der Waals surface area contributed by atoms with Gasteiger partial charge in [0.1, 0.15) is 12.4 Å². The summed E-state index contributed by atoms with van der Waals surface area (Å²) in [5, 5.41) is 13.8. The Morgan fingerprint density at radius 1 is 1.38 bits per heavy atom. The first-order valence-corrected chi connectivity index (χ1v) is 7.83. The molecule has 0 aliphatic heterocycles. The molecule has 2 N–H and O–H groups in total. The minimum absolute atomic E-state index is 0.127. The summed E-state index contributed by atoms with van der Waals surface area (Å²) in [6.07, 6.45) is 5.32. The monoisotopic (exact) mass is 386 g/mol. The molecular formula is C18H15BrN2O3. The van der Waals surface area contributed by atoms with E-state index >= 15 is 0 Å². The molecule has 2 aromatic carbocycles. The van der Waals surface area contributed by atoms with Crippen LogP contribution in [0.3, 0.4) is 0 Å². The second-order valence-electron chi connectivity index (χ2n) is 4.72. The Morgan fingerprint density at radius 2 is 2.12 bits per heavy atom. The average molecular weight is 387 g/mol. The molecule has 0 fully saturated rings. The molecule has 0 saturated heterocycles. The van der Waals surface area contributed by atoms with Crippen molar-refractivity contribution in [2.45, 2.75) is 6.10 Å². The first-order valence-electron chi connectivity index (χ1n) is 7.03. The van der Waals surface area contributed by atoms with E-state index in [1.54, 1.807) is 48.5 Å². The van der Waals surface area contributed by atoms with Gasteiger partial charge in [0.2, 0.25) is 0 Å². The Bertz CT molecular complexity index is 770. The number of hydrogen-bond acceptors (Lipinski definition) is 4. The van der Waals surface area contributed by atoms with Gasteiger partial charge in [-0.05, 0) is 23.8 Å². The van der Waals surface area contributed by atoms with Crippen molar-refractivity contribution in [3.8, 4) is 18.1 Å². The first-order chi connectivity index (χ1) is 11.6. The van der Waals surface area contributed by atoms with Gasteiger partial charge in [0.15, 0.2) is 6.10 Å². The van der Waals surface area contributed by atoms with E-state index in [9.17, 15) is 9.90 Å². The molecule has 0 unspecified atom stereocenters. The van der Waals surface area contributed by atoms with Crippen molar-refractivity contribution in [1.82, 2.24) is 5.43 Å². The van der Waals surface area contributed by atoms with Crippen LogP contribution >= 0.6 is 15.9 Å². The SMILES string of the molecule is C#CCOc1ccc(Br)cc1/C=N\NC(=O)[C@@H](O)c1ccccc1. The lowest BCUT2D eigenvalue weighted by atomic mass is 10.1. The van der Waals surface area contributed by atoms with Crippen molar-refractivity contribution in [1.29, 1.82) is 0 Å². The maximum Gasteiger partial charge on any atom is 0.273 e. The van der Waals surface area contributed by atoms with Gasteiger partial charge in [0.25, 0.3) is 5.91 Å². The van der Waals surface area contributed by atoms with Crippen molar-refractivity contribution < 1.29 is 14.6 Å². The molecule has 0 aromatic heterocycles. The number of aliphatic hydroxyl groups is 1. The van der Waals surface area contributed by atoms with Crippen molar-refractivity contribution in [3.05, 3.63) is 64.1 Å². The van der Waals surface area contributed by atoms with Crippen molar-refractivity contribution in [2.24, 2.45) is 5.10 Å². The highest BCUT2D eigenvalue weighted by molar-refractivity contribution is 9.10. The van der Waals surface area contributed by atoms with E-state index in [-0.39, 0.29) is 6.61 Å². The third-order valence-electron chi connectivity index (χ3n) is 3.02. The summed E-state index contributed by atoms with van der Waals surface area (Å²) in [6, 6.07) is 13.9. The number of nitrogens with one attached hydrogen (secondary N) is 1. The van der Waals surface area contributed by atoms with Crippen LogP contribution in [0.1, 0.15) is 17.2 Å². The number of hydrogen-bond donors (Lipinski definition) is 2. The van der Waals surface area contributed by atoms with Crippen LogP contribution in [0, 0.1) is 12.3 Å². The van der Waals surface area contributed by atoms with E-state index < -0.39 is 12.0 Å². The molecule has 5 nitrogen and oxygen atoms in total. The zero-order valence-electron chi connectivity index (χ0n) is 12.6. The molecule has 1 amide bonds. The summed E-state index contributed by atoms with van der Waals surface area (Å²) in [5.41, 5.74) is 3.43. The van der Waals surface area contributed by atoms with Gasteiger partial charge in [0, 0.05) is 10.0 Å². The fourth-order valence-corrected chi connectivity index (χ4v) is 2.26. The summed E-state index contributed by atoms with van der Waals surface area (Å²) in [5.74, 6) is 2.30. The molecule has 0 bridgehead atoms. The Balaban J connectivity index is 2.04. The topological polar surface area (TPSA) is 70.9 Å². The molecule has 0 aliphatic rings. The van der Waals surface area contributed by atoms with Crippen LogP contribution in [0.25, 0.3) is 0 Å². The molecule has 0 saturated carbocycles. The minimum Gasteiger partial charge on any atom is -0.480 e. The maximum absolute atomic E-state index is 11.9. The summed E-state index contributed by atoms with van der Waals surface area (Å²) < 4.78 is 6.23. The number of carbonyl (C=O) groups excluding carboxylic acids is 1. The van der Waals surface area contributed by atoms with Gasteiger partial charge in [-0.25, -0.2) is 5.43 Å². The number of terminal acetylenes is 1. The van der Waals surface area contributed by atoms with Gasteiger partial charge in [0.05, 0.1) is 6.21 Å². The molecular weight excluding hydrogens is 372 g/mol. The molecule has 0 radical (unpaired) electrons. The van der Waals surface area contributed by atoms with Crippen LogP contribution in [0.5, 0.6) is 5.75 Å². The smallest absolute Gasteiger partial charge is 0.273 e. The Hall–Kier alpha value is -2.62. The van der Waals surface area contributed by atoms with Crippen molar-refractivity contribution in [3.63, 3.8) is 0 Å². The van der Waals surface area contributed by atoms with E-state index in [0.29, 0.717) is 16.9 Å². The maximum atomic E-state index is 11.9.